The van der Waals surface area contributed by atoms with Gasteiger partial charge in [-0.05, 0) is 107 Å². The van der Waals surface area contributed by atoms with E-state index in [1.807, 2.05) is 35.0 Å². The number of hydrogen-bond acceptors (Lipinski definition) is 7. The van der Waals surface area contributed by atoms with Crippen LogP contribution in [0.5, 0.6) is 0 Å². The van der Waals surface area contributed by atoms with Crippen molar-refractivity contribution in [3.8, 4) is 0 Å². The summed E-state index contributed by atoms with van der Waals surface area (Å²) in [6, 6.07) is 16.8. The van der Waals surface area contributed by atoms with Crippen molar-refractivity contribution in [2.75, 3.05) is 41.8 Å². The number of amides is 2. The molecule has 0 radical (unpaired) electrons. The zero-order valence-corrected chi connectivity index (χ0v) is 28.4. The number of esters is 1. The molecule has 2 aliphatic heterocycles. The molecule has 2 amide bonds. The van der Waals surface area contributed by atoms with Crippen LogP contribution in [-0.2, 0) is 27.2 Å². The predicted molar refractivity (Wildman–Crippen MR) is 188 cm³/mol. The third kappa shape index (κ3) is 8.45. The smallest absolute Gasteiger partial charge is 0.310 e. The van der Waals surface area contributed by atoms with Crippen molar-refractivity contribution in [2.45, 2.75) is 71.4 Å². The predicted octanol–water partition coefficient (Wildman–Crippen LogP) is 6.98. The summed E-state index contributed by atoms with van der Waals surface area (Å²) in [7, 11) is 0. The highest BCUT2D eigenvalue weighted by Gasteiger charge is 2.24. The number of carbonyl (C=O) groups is 3. The van der Waals surface area contributed by atoms with E-state index in [9.17, 15) is 18.8 Å². The van der Waals surface area contributed by atoms with E-state index >= 15 is 0 Å². The summed E-state index contributed by atoms with van der Waals surface area (Å²) in [5.74, 6) is -1.48. The molecule has 2 N–H and O–H groups in total. The van der Waals surface area contributed by atoms with E-state index in [-0.39, 0.29) is 12.3 Å². The molecular weight excluding hydrogens is 625 g/mol. The van der Waals surface area contributed by atoms with Crippen LogP contribution in [0.1, 0.15) is 79.3 Å². The number of rotatable bonds is 9. The number of ether oxygens (including phenoxy) is 2. The van der Waals surface area contributed by atoms with Crippen molar-refractivity contribution in [1.29, 1.82) is 0 Å². The SMILES string of the molecule is CC(C)(C)OC(=O)Cc1cc(F)ccc1NC(=O)c1ccc(N2CCCCC2)c(NC(=O)c2nn(CC3CCOCC3)c3ccccc23)c1. The highest BCUT2D eigenvalue weighted by molar-refractivity contribution is 6.13. The molecule has 258 valence electrons. The van der Waals surface area contributed by atoms with Gasteiger partial charge in [-0.3, -0.25) is 19.1 Å². The summed E-state index contributed by atoms with van der Waals surface area (Å²) in [5, 5.41) is 11.5. The maximum Gasteiger partial charge on any atom is 0.310 e. The Morgan fingerprint density at radius 1 is 0.918 bits per heavy atom. The Morgan fingerprint density at radius 2 is 1.65 bits per heavy atom. The van der Waals surface area contributed by atoms with Crippen LogP contribution in [0.15, 0.2) is 60.7 Å². The number of carbonyl (C=O) groups excluding carboxylic acids is 3. The lowest BCUT2D eigenvalue weighted by Gasteiger charge is -2.30. The Balaban J connectivity index is 1.28. The van der Waals surface area contributed by atoms with Crippen molar-refractivity contribution in [3.63, 3.8) is 0 Å². The molecule has 11 heteroatoms. The summed E-state index contributed by atoms with van der Waals surface area (Å²) in [6.45, 7) is 9.09. The Morgan fingerprint density at radius 3 is 2.41 bits per heavy atom. The Kier molecular flexibility index (Phi) is 10.3. The van der Waals surface area contributed by atoms with E-state index in [0.29, 0.717) is 40.7 Å². The molecule has 0 atom stereocenters. The molecule has 2 saturated heterocycles. The van der Waals surface area contributed by atoms with Crippen molar-refractivity contribution >= 4 is 45.7 Å². The summed E-state index contributed by atoms with van der Waals surface area (Å²) in [5.41, 5.74) is 2.70. The number of hydrogen-bond donors (Lipinski definition) is 2. The summed E-state index contributed by atoms with van der Waals surface area (Å²) < 4.78 is 27.1. The first kappa shape index (κ1) is 34.1. The molecule has 1 aromatic heterocycles. The van der Waals surface area contributed by atoms with Crippen LogP contribution in [0.4, 0.5) is 21.5 Å². The second-order valence-electron chi connectivity index (χ2n) is 13.9. The van der Waals surface area contributed by atoms with Gasteiger partial charge in [-0.25, -0.2) is 4.39 Å². The molecule has 3 aromatic carbocycles. The van der Waals surface area contributed by atoms with Gasteiger partial charge < -0.3 is 25.0 Å². The van der Waals surface area contributed by atoms with Crippen LogP contribution in [0.25, 0.3) is 10.9 Å². The monoisotopic (exact) mass is 669 g/mol. The Labute approximate surface area is 285 Å². The van der Waals surface area contributed by atoms with Gasteiger partial charge >= 0.3 is 5.97 Å². The lowest BCUT2D eigenvalue weighted by atomic mass is 10.0. The van der Waals surface area contributed by atoms with Crippen molar-refractivity contribution in [3.05, 3.63) is 83.3 Å². The summed E-state index contributed by atoms with van der Waals surface area (Å²) >= 11 is 0. The normalized spacial score (nSPS) is 15.6. The number of piperidine rings is 1. The van der Waals surface area contributed by atoms with Gasteiger partial charge in [0.25, 0.3) is 11.8 Å². The van der Waals surface area contributed by atoms with Crippen LogP contribution < -0.4 is 15.5 Å². The van der Waals surface area contributed by atoms with Crippen LogP contribution in [0.3, 0.4) is 0 Å². The van der Waals surface area contributed by atoms with E-state index < -0.39 is 23.3 Å². The van der Waals surface area contributed by atoms with E-state index in [1.54, 1.807) is 32.9 Å². The first-order chi connectivity index (χ1) is 23.5. The van der Waals surface area contributed by atoms with Crippen LogP contribution >= 0.6 is 0 Å². The molecule has 0 aliphatic carbocycles. The van der Waals surface area contributed by atoms with Crippen molar-refractivity contribution in [2.24, 2.45) is 5.92 Å². The molecular formula is C38H44FN5O5. The number of nitrogens with one attached hydrogen (secondary N) is 2. The van der Waals surface area contributed by atoms with Crippen molar-refractivity contribution < 1.29 is 28.2 Å². The van der Waals surface area contributed by atoms with E-state index in [1.165, 1.54) is 18.2 Å². The summed E-state index contributed by atoms with van der Waals surface area (Å²) in [6.07, 6.45) is 4.88. The Bertz CT molecular complexity index is 1840. The molecule has 0 bridgehead atoms. The average Bonchev–Trinajstić information content (AvgIpc) is 3.44. The molecule has 4 aromatic rings. The topological polar surface area (TPSA) is 115 Å². The number of anilines is 3. The van der Waals surface area contributed by atoms with Crippen molar-refractivity contribution in [1.82, 2.24) is 9.78 Å². The lowest BCUT2D eigenvalue weighted by molar-refractivity contribution is -0.153. The molecule has 49 heavy (non-hydrogen) atoms. The zero-order chi connectivity index (χ0) is 34.5. The maximum absolute atomic E-state index is 14.2. The zero-order valence-electron chi connectivity index (χ0n) is 28.4. The van der Waals surface area contributed by atoms with Gasteiger partial charge in [0.15, 0.2) is 5.69 Å². The van der Waals surface area contributed by atoms with Crippen LogP contribution in [-0.4, -0.2) is 59.5 Å². The quantitative estimate of drug-likeness (QED) is 0.185. The average molecular weight is 670 g/mol. The molecule has 0 spiro atoms. The minimum absolute atomic E-state index is 0.213. The van der Waals surface area contributed by atoms with Gasteiger partial charge in [0.2, 0.25) is 0 Å². The van der Waals surface area contributed by atoms with E-state index in [2.05, 4.69) is 15.5 Å². The number of fused-ring (bicyclic) bond motifs is 1. The van der Waals surface area contributed by atoms with Gasteiger partial charge in [-0.1, -0.05) is 18.2 Å². The van der Waals surface area contributed by atoms with Gasteiger partial charge in [0, 0.05) is 49.5 Å². The standard InChI is InChI=1S/C38H44FN5O5/c1-38(2,3)49-34(45)23-27-21-28(39)12-13-30(27)40-36(46)26-11-14-33(43-17-7-4-8-18-43)31(22-26)41-37(47)35-29-9-5-6-10-32(29)44(42-35)24-25-15-19-48-20-16-25/h5-6,9-14,21-22,25H,4,7-8,15-20,23-24H2,1-3H3,(H,40,46)(H,41,47). The number of para-hydroxylation sites is 1. The Hall–Kier alpha value is -4.77. The lowest BCUT2D eigenvalue weighted by Crippen LogP contribution is -2.30. The van der Waals surface area contributed by atoms with Gasteiger partial charge in [0.05, 0.1) is 23.3 Å². The highest BCUT2D eigenvalue weighted by Crippen LogP contribution is 2.32. The molecule has 0 saturated carbocycles. The molecule has 10 nitrogen and oxygen atoms in total. The minimum atomic E-state index is -0.708. The second-order valence-corrected chi connectivity index (χ2v) is 13.9. The molecule has 2 aliphatic rings. The maximum atomic E-state index is 14.2. The largest absolute Gasteiger partial charge is 0.460 e. The van der Waals surface area contributed by atoms with Crippen LogP contribution in [0.2, 0.25) is 0 Å². The molecule has 0 unspecified atom stereocenters. The number of aromatic nitrogens is 2. The first-order valence-corrected chi connectivity index (χ1v) is 17.1. The molecule has 2 fully saturated rings. The fraction of sp³-hybridized carbons (Fsp3) is 0.421. The number of nitrogens with zero attached hydrogens (tertiary/aromatic N) is 3. The summed E-state index contributed by atoms with van der Waals surface area (Å²) in [4.78, 5) is 42.5. The fourth-order valence-corrected chi connectivity index (χ4v) is 6.54. The van der Waals surface area contributed by atoms with E-state index in [4.69, 9.17) is 14.6 Å². The molecule has 3 heterocycles. The second kappa shape index (κ2) is 14.8. The number of halogens is 1. The minimum Gasteiger partial charge on any atom is -0.460 e. The number of benzene rings is 3. The molecule has 6 rings (SSSR count). The fourth-order valence-electron chi connectivity index (χ4n) is 6.54. The first-order valence-electron chi connectivity index (χ1n) is 17.1. The van der Waals surface area contributed by atoms with Gasteiger partial charge in [-0.15, -0.1) is 0 Å². The third-order valence-electron chi connectivity index (χ3n) is 8.92. The third-order valence-corrected chi connectivity index (χ3v) is 8.92. The van der Waals surface area contributed by atoms with Crippen LogP contribution in [0, 0.1) is 11.7 Å². The van der Waals surface area contributed by atoms with E-state index in [0.717, 1.165) is 75.0 Å². The van der Waals surface area contributed by atoms with Gasteiger partial charge in [0.1, 0.15) is 11.4 Å². The van der Waals surface area contributed by atoms with Gasteiger partial charge in [-0.2, -0.15) is 5.10 Å². The highest BCUT2D eigenvalue weighted by atomic mass is 19.1.